The predicted molar refractivity (Wildman–Crippen MR) is 87.1 cm³/mol. The minimum atomic E-state index is -0.952. The van der Waals surface area contributed by atoms with Crippen LogP contribution in [0.15, 0.2) is 36.4 Å². The van der Waals surface area contributed by atoms with Gasteiger partial charge in [-0.2, -0.15) is 0 Å². The topological polar surface area (TPSA) is 75.6 Å². The SMILES string of the molecule is O=C(O)c1ccc(CNC(=O)c2ccccc2OCC2CC2)s1. The molecule has 2 N–H and O–H groups in total. The number of hydrogen-bond donors (Lipinski definition) is 2. The summed E-state index contributed by atoms with van der Waals surface area (Å²) in [6.07, 6.45) is 2.39. The second-order valence-corrected chi connectivity index (χ2v) is 6.67. The fourth-order valence-corrected chi connectivity index (χ4v) is 2.91. The molecule has 2 aromatic rings. The lowest BCUT2D eigenvalue weighted by Crippen LogP contribution is -2.23. The maximum Gasteiger partial charge on any atom is 0.345 e. The van der Waals surface area contributed by atoms with Gasteiger partial charge in [0.05, 0.1) is 18.7 Å². The Labute approximate surface area is 137 Å². The minimum absolute atomic E-state index is 0.221. The Morgan fingerprint density at radius 2 is 2.00 bits per heavy atom. The van der Waals surface area contributed by atoms with Crippen LogP contribution in [0, 0.1) is 5.92 Å². The number of carbonyl (C=O) groups is 2. The van der Waals surface area contributed by atoms with Crippen LogP contribution in [0.1, 0.15) is 37.7 Å². The van der Waals surface area contributed by atoms with E-state index in [0.717, 1.165) is 16.2 Å². The molecule has 1 aliphatic rings. The van der Waals surface area contributed by atoms with Gasteiger partial charge in [0.15, 0.2) is 0 Å². The van der Waals surface area contributed by atoms with Gasteiger partial charge in [0, 0.05) is 4.88 Å². The van der Waals surface area contributed by atoms with Crippen molar-refractivity contribution in [3.8, 4) is 5.75 Å². The van der Waals surface area contributed by atoms with Crippen LogP contribution in [0.3, 0.4) is 0 Å². The largest absolute Gasteiger partial charge is 0.492 e. The molecule has 1 fully saturated rings. The molecule has 120 valence electrons. The van der Waals surface area contributed by atoms with Crippen molar-refractivity contribution < 1.29 is 19.4 Å². The molecule has 3 rings (SSSR count). The number of thiophene rings is 1. The molecule has 0 saturated heterocycles. The maximum absolute atomic E-state index is 12.3. The number of para-hydroxylation sites is 1. The normalized spacial score (nSPS) is 13.6. The van der Waals surface area contributed by atoms with E-state index in [1.165, 1.54) is 12.8 Å². The number of nitrogens with one attached hydrogen (secondary N) is 1. The highest BCUT2D eigenvalue weighted by Crippen LogP contribution is 2.30. The van der Waals surface area contributed by atoms with E-state index in [2.05, 4.69) is 5.32 Å². The standard InChI is InChI=1S/C17H17NO4S/c19-16(18-9-12-7-8-15(23-12)17(20)21)13-3-1-2-4-14(13)22-10-11-5-6-11/h1-4,7-8,11H,5-6,9-10H2,(H,18,19)(H,20,21). The second-order valence-electron chi connectivity index (χ2n) is 5.50. The number of carboxylic acids is 1. The summed E-state index contributed by atoms with van der Waals surface area (Å²) < 4.78 is 5.73. The molecule has 6 heteroatoms. The van der Waals surface area contributed by atoms with E-state index >= 15 is 0 Å². The quantitative estimate of drug-likeness (QED) is 0.817. The maximum atomic E-state index is 12.3. The Balaban J connectivity index is 1.61. The lowest BCUT2D eigenvalue weighted by Gasteiger charge is -2.11. The molecule has 1 amide bonds. The van der Waals surface area contributed by atoms with E-state index in [4.69, 9.17) is 9.84 Å². The van der Waals surface area contributed by atoms with Crippen LogP contribution in [0.4, 0.5) is 0 Å². The number of benzene rings is 1. The number of carbonyl (C=O) groups excluding carboxylic acids is 1. The Hall–Kier alpha value is -2.34. The van der Waals surface area contributed by atoms with Crippen molar-refractivity contribution >= 4 is 23.2 Å². The third-order valence-electron chi connectivity index (χ3n) is 3.60. The van der Waals surface area contributed by atoms with Crippen molar-refractivity contribution in [1.82, 2.24) is 5.32 Å². The number of rotatable bonds is 7. The van der Waals surface area contributed by atoms with E-state index < -0.39 is 5.97 Å². The predicted octanol–water partition coefficient (Wildman–Crippen LogP) is 3.17. The van der Waals surface area contributed by atoms with Crippen LogP contribution in [0.5, 0.6) is 5.75 Å². The third-order valence-corrected chi connectivity index (χ3v) is 4.67. The summed E-state index contributed by atoms with van der Waals surface area (Å²) in [7, 11) is 0. The van der Waals surface area contributed by atoms with Crippen molar-refractivity contribution in [3.63, 3.8) is 0 Å². The number of hydrogen-bond acceptors (Lipinski definition) is 4. The van der Waals surface area contributed by atoms with E-state index in [0.29, 0.717) is 30.4 Å². The highest BCUT2D eigenvalue weighted by molar-refractivity contribution is 7.13. The van der Waals surface area contributed by atoms with E-state index in [1.54, 1.807) is 30.3 Å². The number of amides is 1. The van der Waals surface area contributed by atoms with Crippen molar-refractivity contribution in [3.05, 3.63) is 51.7 Å². The average molecular weight is 331 g/mol. The van der Waals surface area contributed by atoms with Crippen LogP contribution >= 0.6 is 11.3 Å². The minimum Gasteiger partial charge on any atom is -0.492 e. The smallest absolute Gasteiger partial charge is 0.345 e. The summed E-state index contributed by atoms with van der Waals surface area (Å²) in [5.74, 6) is 0.0362. The van der Waals surface area contributed by atoms with Gasteiger partial charge < -0.3 is 15.2 Å². The molecule has 5 nitrogen and oxygen atoms in total. The Morgan fingerprint density at radius 3 is 2.70 bits per heavy atom. The molecular formula is C17H17NO4S. The van der Waals surface area contributed by atoms with E-state index in [-0.39, 0.29) is 10.8 Å². The van der Waals surface area contributed by atoms with Gasteiger partial charge in [-0.3, -0.25) is 4.79 Å². The van der Waals surface area contributed by atoms with Gasteiger partial charge in [0.1, 0.15) is 10.6 Å². The first-order valence-electron chi connectivity index (χ1n) is 7.45. The molecule has 23 heavy (non-hydrogen) atoms. The van der Waals surface area contributed by atoms with E-state index in [9.17, 15) is 9.59 Å². The molecule has 1 heterocycles. The Morgan fingerprint density at radius 1 is 1.22 bits per heavy atom. The summed E-state index contributed by atoms with van der Waals surface area (Å²) in [4.78, 5) is 24.3. The molecule has 0 aliphatic heterocycles. The second kappa shape index (κ2) is 6.83. The van der Waals surface area contributed by atoms with Gasteiger partial charge in [0.2, 0.25) is 0 Å². The van der Waals surface area contributed by atoms with Crippen molar-refractivity contribution in [1.29, 1.82) is 0 Å². The first-order chi connectivity index (χ1) is 11.1. The average Bonchev–Trinajstić information content (AvgIpc) is 3.26. The summed E-state index contributed by atoms with van der Waals surface area (Å²) in [6, 6.07) is 10.4. The summed E-state index contributed by atoms with van der Waals surface area (Å²) in [5.41, 5.74) is 0.503. The molecular weight excluding hydrogens is 314 g/mol. The van der Waals surface area contributed by atoms with Crippen LogP contribution in [0.25, 0.3) is 0 Å². The number of aromatic carboxylic acids is 1. The molecule has 0 spiro atoms. The third kappa shape index (κ3) is 4.10. The molecule has 1 aliphatic carbocycles. The van der Waals surface area contributed by atoms with Gasteiger partial charge in [0.25, 0.3) is 5.91 Å². The van der Waals surface area contributed by atoms with Crippen molar-refractivity contribution in [2.24, 2.45) is 5.92 Å². The van der Waals surface area contributed by atoms with Gasteiger partial charge in [-0.25, -0.2) is 4.79 Å². The summed E-state index contributed by atoms with van der Waals surface area (Å²) in [6.45, 7) is 0.949. The van der Waals surface area contributed by atoms with Gasteiger partial charge >= 0.3 is 5.97 Å². The Bertz CT molecular complexity index is 721. The fraction of sp³-hybridized carbons (Fsp3) is 0.294. The van der Waals surface area contributed by atoms with Crippen LogP contribution in [0.2, 0.25) is 0 Å². The highest BCUT2D eigenvalue weighted by Gasteiger charge is 2.23. The van der Waals surface area contributed by atoms with Crippen molar-refractivity contribution in [2.45, 2.75) is 19.4 Å². The van der Waals surface area contributed by atoms with Crippen LogP contribution < -0.4 is 10.1 Å². The summed E-state index contributed by atoms with van der Waals surface area (Å²) in [5, 5.41) is 11.7. The number of ether oxygens (including phenoxy) is 1. The highest BCUT2D eigenvalue weighted by atomic mass is 32.1. The zero-order valence-corrected chi connectivity index (χ0v) is 13.3. The van der Waals surface area contributed by atoms with Crippen LogP contribution in [-0.2, 0) is 6.54 Å². The molecule has 1 saturated carbocycles. The zero-order chi connectivity index (χ0) is 16.2. The molecule has 1 aromatic carbocycles. The molecule has 0 unspecified atom stereocenters. The van der Waals surface area contributed by atoms with Gasteiger partial charge in [-0.05, 0) is 43.0 Å². The van der Waals surface area contributed by atoms with Gasteiger partial charge in [-0.15, -0.1) is 11.3 Å². The zero-order valence-electron chi connectivity index (χ0n) is 12.5. The molecule has 0 atom stereocenters. The lowest BCUT2D eigenvalue weighted by atomic mass is 10.2. The molecule has 1 aromatic heterocycles. The number of carboxylic acid groups (broad SMARTS) is 1. The lowest BCUT2D eigenvalue weighted by molar-refractivity contribution is 0.0702. The van der Waals surface area contributed by atoms with Crippen LogP contribution in [-0.4, -0.2) is 23.6 Å². The fourth-order valence-electron chi connectivity index (χ4n) is 2.12. The monoisotopic (exact) mass is 331 g/mol. The van der Waals surface area contributed by atoms with E-state index in [1.807, 2.05) is 6.07 Å². The first kappa shape index (κ1) is 15.6. The Kier molecular flexibility index (Phi) is 4.62. The molecule has 0 radical (unpaired) electrons. The van der Waals surface area contributed by atoms with Gasteiger partial charge in [-0.1, -0.05) is 12.1 Å². The van der Waals surface area contributed by atoms with Crippen molar-refractivity contribution in [2.75, 3.05) is 6.61 Å². The first-order valence-corrected chi connectivity index (χ1v) is 8.27. The molecule has 0 bridgehead atoms. The summed E-state index contributed by atoms with van der Waals surface area (Å²) >= 11 is 1.16.